The average Bonchev–Trinajstić information content (AvgIpc) is 2.67. The molecule has 0 fully saturated rings. The van der Waals surface area contributed by atoms with Crippen molar-refractivity contribution in [3.63, 3.8) is 0 Å². The first kappa shape index (κ1) is 19.3. The lowest BCUT2D eigenvalue weighted by molar-refractivity contribution is -0.131. The number of carbonyl (C=O) groups is 3. The monoisotopic (exact) mass is 375 g/mol. The molecule has 0 radical (unpaired) electrons. The van der Waals surface area contributed by atoms with Crippen molar-refractivity contribution in [2.75, 3.05) is 4.90 Å². The summed E-state index contributed by atoms with van der Waals surface area (Å²) in [5.74, 6) is -0.678. The maximum absolute atomic E-state index is 12.4. The summed E-state index contributed by atoms with van der Waals surface area (Å²) in [6.45, 7) is 4.33. The summed E-state index contributed by atoms with van der Waals surface area (Å²) < 4.78 is 5.07. The Morgan fingerprint density at radius 1 is 0.786 bits per heavy atom. The van der Waals surface area contributed by atoms with Crippen LogP contribution in [0.1, 0.15) is 32.3 Å². The topological polar surface area (TPSA) is 63.7 Å². The third kappa shape index (κ3) is 4.09. The third-order valence-electron chi connectivity index (χ3n) is 4.52. The molecule has 2 aromatic carbocycles. The van der Waals surface area contributed by atoms with E-state index in [1.807, 2.05) is 30.3 Å². The van der Waals surface area contributed by atoms with Crippen molar-refractivity contribution in [1.29, 1.82) is 0 Å². The largest absolute Gasteiger partial charge is 0.427 e. The van der Waals surface area contributed by atoms with Gasteiger partial charge in [0.25, 0.3) is 0 Å². The zero-order chi connectivity index (χ0) is 20.3. The molecule has 0 saturated carbocycles. The van der Waals surface area contributed by atoms with Gasteiger partial charge in [-0.1, -0.05) is 30.3 Å². The number of hydrogen-bond acceptors (Lipinski definition) is 5. The van der Waals surface area contributed by atoms with Crippen LogP contribution < -0.4 is 9.64 Å². The smallest absolute Gasteiger partial charge is 0.308 e. The highest BCUT2D eigenvalue weighted by Gasteiger charge is 2.31. The van der Waals surface area contributed by atoms with Crippen molar-refractivity contribution in [1.82, 2.24) is 0 Å². The second kappa shape index (κ2) is 8.05. The number of para-hydroxylation sites is 1. The number of ether oxygens (including phenoxy) is 1. The van der Waals surface area contributed by atoms with Gasteiger partial charge in [0, 0.05) is 42.1 Å². The average molecular weight is 375 g/mol. The predicted octanol–water partition coefficient (Wildman–Crippen LogP) is 4.16. The molecule has 28 heavy (non-hydrogen) atoms. The molecule has 1 aliphatic rings. The molecule has 2 aromatic rings. The lowest BCUT2D eigenvalue weighted by Gasteiger charge is -2.30. The summed E-state index contributed by atoms with van der Waals surface area (Å²) in [5.41, 5.74) is 2.70. The molecule has 142 valence electrons. The van der Waals surface area contributed by atoms with Crippen molar-refractivity contribution in [2.45, 2.75) is 26.7 Å². The van der Waals surface area contributed by atoms with Gasteiger partial charge in [-0.25, -0.2) is 0 Å². The number of anilines is 1. The molecule has 3 rings (SSSR count). The van der Waals surface area contributed by atoms with Crippen LogP contribution in [-0.2, 0) is 14.4 Å². The van der Waals surface area contributed by atoms with E-state index >= 15 is 0 Å². The fraction of sp³-hybridized carbons (Fsp3) is 0.174. The normalized spacial score (nSPS) is 14.2. The summed E-state index contributed by atoms with van der Waals surface area (Å²) in [5, 5.41) is 0. The van der Waals surface area contributed by atoms with E-state index < -0.39 is 11.9 Å². The predicted molar refractivity (Wildman–Crippen MR) is 107 cm³/mol. The summed E-state index contributed by atoms with van der Waals surface area (Å²) in [4.78, 5) is 37.8. The number of rotatable bonds is 5. The van der Waals surface area contributed by atoms with E-state index in [9.17, 15) is 14.4 Å². The first-order valence-corrected chi connectivity index (χ1v) is 8.94. The molecule has 0 aromatic heterocycles. The van der Waals surface area contributed by atoms with Gasteiger partial charge in [-0.05, 0) is 43.7 Å². The highest BCUT2D eigenvalue weighted by Crippen LogP contribution is 2.38. The molecule has 5 nitrogen and oxygen atoms in total. The Kier molecular flexibility index (Phi) is 5.54. The van der Waals surface area contributed by atoms with Gasteiger partial charge < -0.3 is 9.64 Å². The fourth-order valence-electron chi connectivity index (χ4n) is 3.24. The van der Waals surface area contributed by atoms with E-state index in [4.69, 9.17) is 4.74 Å². The van der Waals surface area contributed by atoms with Crippen LogP contribution in [0.4, 0.5) is 5.69 Å². The Balaban J connectivity index is 2.06. The van der Waals surface area contributed by atoms with Crippen molar-refractivity contribution in [3.8, 4) is 5.75 Å². The van der Waals surface area contributed by atoms with Crippen molar-refractivity contribution in [2.24, 2.45) is 0 Å². The van der Waals surface area contributed by atoms with Crippen LogP contribution in [0.2, 0.25) is 0 Å². The maximum Gasteiger partial charge on any atom is 0.308 e. The molecule has 0 bridgehead atoms. The quantitative estimate of drug-likeness (QED) is 0.580. The highest BCUT2D eigenvalue weighted by molar-refractivity contribution is 6.03. The minimum atomic E-state index is -0.471. The van der Waals surface area contributed by atoms with Gasteiger partial charge in [-0.2, -0.15) is 0 Å². The van der Waals surface area contributed by atoms with Crippen LogP contribution in [0.25, 0.3) is 0 Å². The van der Waals surface area contributed by atoms with Gasteiger partial charge in [0.2, 0.25) is 0 Å². The number of allylic oxidation sites excluding steroid dienone is 2. The second-order valence-corrected chi connectivity index (χ2v) is 6.62. The molecule has 0 unspecified atom stereocenters. The van der Waals surface area contributed by atoms with E-state index in [2.05, 4.69) is 0 Å². The van der Waals surface area contributed by atoms with Crippen molar-refractivity contribution >= 4 is 23.2 Å². The zero-order valence-corrected chi connectivity index (χ0v) is 16.0. The van der Waals surface area contributed by atoms with Gasteiger partial charge in [0.05, 0.1) is 0 Å². The van der Waals surface area contributed by atoms with E-state index in [-0.39, 0.29) is 11.6 Å². The Hall–Kier alpha value is -3.47. The lowest BCUT2D eigenvalue weighted by atomic mass is 9.80. The van der Waals surface area contributed by atoms with Gasteiger partial charge in [-0.3, -0.25) is 14.4 Å². The number of ketones is 2. The summed E-state index contributed by atoms with van der Waals surface area (Å²) >= 11 is 0. The number of hydrogen-bond donors (Lipinski definition) is 0. The van der Waals surface area contributed by atoms with E-state index in [1.165, 1.54) is 20.8 Å². The van der Waals surface area contributed by atoms with E-state index in [0.29, 0.717) is 16.9 Å². The number of Topliss-reactive ketones (excluding diaryl/α,β-unsaturated/α-hetero) is 2. The SMILES string of the molecule is CC(=O)Oc1ccc(C2C(C(C)=O)=CN(c3ccccc3)C=C2C(C)=O)cc1. The van der Waals surface area contributed by atoms with E-state index in [1.54, 1.807) is 41.6 Å². The Morgan fingerprint density at radius 3 is 1.79 bits per heavy atom. The minimum absolute atomic E-state index is 0.109. The van der Waals surface area contributed by atoms with Gasteiger partial charge in [0.1, 0.15) is 5.75 Å². The first-order valence-electron chi connectivity index (χ1n) is 8.94. The van der Waals surface area contributed by atoms with Crippen molar-refractivity contribution < 1.29 is 19.1 Å². The fourth-order valence-corrected chi connectivity index (χ4v) is 3.24. The number of esters is 1. The molecular weight excluding hydrogens is 354 g/mol. The number of nitrogens with zero attached hydrogens (tertiary/aromatic N) is 1. The van der Waals surface area contributed by atoms with Crippen LogP contribution >= 0.6 is 0 Å². The Labute approximate surface area is 163 Å². The second-order valence-electron chi connectivity index (χ2n) is 6.62. The summed E-state index contributed by atoms with van der Waals surface area (Å²) in [7, 11) is 0. The Bertz CT molecular complexity index is 939. The minimum Gasteiger partial charge on any atom is -0.427 e. The van der Waals surface area contributed by atoms with Crippen molar-refractivity contribution in [3.05, 3.63) is 83.7 Å². The van der Waals surface area contributed by atoms with E-state index in [0.717, 1.165) is 11.3 Å². The maximum atomic E-state index is 12.4. The van der Waals surface area contributed by atoms with Crippen LogP contribution in [-0.4, -0.2) is 17.5 Å². The molecule has 0 saturated heterocycles. The molecule has 0 spiro atoms. The van der Waals surface area contributed by atoms with Crippen LogP contribution in [0, 0.1) is 0 Å². The molecule has 0 atom stereocenters. The molecule has 1 heterocycles. The highest BCUT2D eigenvalue weighted by atomic mass is 16.5. The van der Waals surface area contributed by atoms with Gasteiger partial charge in [0.15, 0.2) is 11.6 Å². The molecule has 5 heteroatoms. The molecule has 0 aliphatic carbocycles. The summed E-state index contributed by atoms with van der Waals surface area (Å²) in [6.07, 6.45) is 3.55. The molecule has 1 aliphatic heterocycles. The molecule has 0 amide bonds. The Morgan fingerprint density at radius 2 is 1.32 bits per heavy atom. The molecule has 0 N–H and O–H groups in total. The van der Waals surface area contributed by atoms with Gasteiger partial charge >= 0.3 is 5.97 Å². The van der Waals surface area contributed by atoms with Crippen LogP contribution in [0.15, 0.2) is 78.1 Å². The molecular formula is C23H21NO4. The number of benzene rings is 2. The number of carbonyl (C=O) groups excluding carboxylic acids is 3. The lowest BCUT2D eigenvalue weighted by Crippen LogP contribution is -2.26. The summed E-state index contributed by atoms with van der Waals surface area (Å²) in [6, 6.07) is 16.4. The first-order chi connectivity index (χ1) is 13.4. The zero-order valence-electron chi connectivity index (χ0n) is 16.0. The van der Waals surface area contributed by atoms with Crippen LogP contribution in [0.3, 0.4) is 0 Å². The third-order valence-corrected chi connectivity index (χ3v) is 4.52. The standard InChI is InChI=1S/C23H21NO4/c1-15(25)21-13-24(19-7-5-4-6-8-19)14-22(16(2)26)23(21)18-9-11-20(12-10-18)28-17(3)27/h4-14,23H,1-3H3. The van der Waals surface area contributed by atoms with Gasteiger partial charge in [-0.15, -0.1) is 0 Å². The van der Waals surface area contributed by atoms with Crippen LogP contribution in [0.5, 0.6) is 5.75 Å².